The largest absolute Gasteiger partial charge is 0.444 e. The normalized spacial score (nSPS) is 11.2. The van der Waals surface area contributed by atoms with Gasteiger partial charge in [0.2, 0.25) is 5.16 Å². The summed E-state index contributed by atoms with van der Waals surface area (Å²) >= 11 is 4.03. The Morgan fingerprint density at radius 2 is 2.25 bits per heavy atom. The van der Waals surface area contributed by atoms with Crippen molar-refractivity contribution in [3.63, 3.8) is 0 Å². The van der Waals surface area contributed by atoms with Gasteiger partial charge in [0.15, 0.2) is 0 Å². The highest BCUT2D eigenvalue weighted by Gasteiger charge is 2.15. The minimum Gasteiger partial charge on any atom is -0.444 e. The van der Waals surface area contributed by atoms with Crippen LogP contribution in [0, 0.1) is 0 Å². The smallest absolute Gasteiger partial charge is 0.407 e. The van der Waals surface area contributed by atoms with E-state index in [2.05, 4.69) is 33.5 Å². The molecule has 0 aliphatic rings. The maximum Gasteiger partial charge on any atom is 0.407 e. The molecule has 0 saturated carbocycles. The second-order valence-electron chi connectivity index (χ2n) is 4.13. The molecule has 1 rings (SSSR count). The van der Waals surface area contributed by atoms with E-state index in [-0.39, 0.29) is 0 Å². The van der Waals surface area contributed by atoms with Crippen LogP contribution in [0.15, 0.2) is 5.16 Å². The van der Waals surface area contributed by atoms with Gasteiger partial charge in [0.25, 0.3) is 0 Å². The number of carbonyl (C=O) groups is 1. The van der Waals surface area contributed by atoms with Gasteiger partial charge in [0.1, 0.15) is 5.60 Å². The molecule has 1 heterocycles. The van der Waals surface area contributed by atoms with Crippen LogP contribution in [-0.2, 0) is 11.3 Å². The van der Waals surface area contributed by atoms with Crippen molar-refractivity contribution in [2.75, 3.05) is 6.54 Å². The molecule has 16 heavy (non-hydrogen) atoms. The quantitative estimate of drug-likeness (QED) is 0.757. The number of aromatic nitrogens is 4. The number of nitrogens with one attached hydrogen (secondary N) is 1. The van der Waals surface area contributed by atoms with Gasteiger partial charge >= 0.3 is 6.09 Å². The Bertz CT molecular complexity index is 360. The number of nitrogens with zero attached hydrogens (tertiary/aromatic N) is 4. The predicted octanol–water partition coefficient (Wildman–Crippen LogP) is 0.486. The van der Waals surface area contributed by atoms with Crippen molar-refractivity contribution in [2.45, 2.75) is 38.1 Å². The van der Waals surface area contributed by atoms with E-state index < -0.39 is 11.7 Å². The molecule has 1 amide bonds. The topological polar surface area (TPSA) is 81.9 Å². The summed E-state index contributed by atoms with van der Waals surface area (Å²) in [4.78, 5) is 11.3. The van der Waals surface area contributed by atoms with Gasteiger partial charge < -0.3 is 10.1 Å². The third kappa shape index (κ3) is 4.47. The molecule has 0 saturated heterocycles. The van der Waals surface area contributed by atoms with Crippen LogP contribution in [0.3, 0.4) is 0 Å². The van der Waals surface area contributed by atoms with Gasteiger partial charge in [-0.15, -0.1) is 17.7 Å². The molecule has 1 aromatic heterocycles. The summed E-state index contributed by atoms with van der Waals surface area (Å²) < 4.78 is 6.53. The first kappa shape index (κ1) is 12.8. The first-order valence-electron chi connectivity index (χ1n) is 4.80. The number of rotatable bonds is 3. The molecule has 0 unspecified atom stereocenters. The lowest BCUT2D eigenvalue weighted by molar-refractivity contribution is 0.0525. The standard InChI is InChI=1S/C8H15N5O2S/c1-8(2,3)15-7(14)9-4-5-13-6(16)10-11-12-13/h4-5H2,1-3H3,(H,9,14)(H,10,12,16). The van der Waals surface area contributed by atoms with E-state index in [4.69, 9.17) is 4.74 Å². The zero-order chi connectivity index (χ0) is 12.2. The lowest BCUT2D eigenvalue weighted by Gasteiger charge is -2.19. The molecule has 1 N–H and O–H groups in total. The van der Waals surface area contributed by atoms with E-state index >= 15 is 0 Å². The minimum atomic E-state index is -0.492. The van der Waals surface area contributed by atoms with Gasteiger partial charge in [0, 0.05) is 6.54 Å². The van der Waals surface area contributed by atoms with E-state index in [0.717, 1.165) is 0 Å². The lowest BCUT2D eigenvalue weighted by Crippen LogP contribution is -2.34. The average molecular weight is 245 g/mol. The van der Waals surface area contributed by atoms with E-state index in [1.807, 2.05) is 0 Å². The Kier molecular flexibility index (Phi) is 4.11. The summed E-state index contributed by atoms with van der Waals surface area (Å²) in [5, 5.41) is 13.7. The number of alkyl carbamates (subject to hydrolysis) is 1. The van der Waals surface area contributed by atoms with Gasteiger partial charge in [-0.3, -0.25) is 0 Å². The lowest BCUT2D eigenvalue weighted by atomic mass is 10.2. The summed E-state index contributed by atoms with van der Waals surface area (Å²) in [5.41, 5.74) is -0.492. The van der Waals surface area contributed by atoms with Crippen LogP contribution in [0.25, 0.3) is 0 Å². The third-order valence-electron chi connectivity index (χ3n) is 1.50. The monoisotopic (exact) mass is 245 g/mol. The summed E-state index contributed by atoms with van der Waals surface area (Å²) in [6.07, 6.45) is -0.457. The second kappa shape index (κ2) is 5.15. The summed E-state index contributed by atoms with van der Waals surface area (Å²) in [7, 11) is 0. The highest BCUT2D eigenvalue weighted by molar-refractivity contribution is 7.80. The van der Waals surface area contributed by atoms with Crippen molar-refractivity contribution in [2.24, 2.45) is 0 Å². The third-order valence-corrected chi connectivity index (χ3v) is 1.83. The Morgan fingerprint density at radius 3 is 2.75 bits per heavy atom. The van der Waals surface area contributed by atoms with Crippen LogP contribution in [0.2, 0.25) is 0 Å². The fourth-order valence-corrected chi connectivity index (χ4v) is 1.10. The minimum absolute atomic E-state index is 0.382. The number of hydrogen-bond donors (Lipinski definition) is 2. The molecule has 0 radical (unpaired) electrons. The molecule has 0 fully saturated rings. The number of amides is 1. The molecule has 0 aromatic carbocycles. The average Bonchev–Trinajstić information content (AvgIpc) is 2.48. The van der Waals surface area contributed by atoms with Gasteiger partial charge in [0.05, 0.1) is 6.54 Å². The fourth-order valence-electron chi connectivity index (χ4n) is 0.923. The first-order chi connectivity index (χ1) is 7.38. The molecule has 0 aliphatic heterocycles. The molecular weight excluding hydrogens is 230 g/mol. The van der Waals surface area contributed by atoms with E-state index in [9.17, 15) is 4.79 Å². The molecular formula is C8H15N5O2S. The summed E-state index contributed by atoms with van der Waals surface area (Å²) in [6.45, 7) is 6.25. The first-order valence-corrected chi connectivity index (χ1v) is 5.25. The van der Waals surface area contributed by atoms with E-state index in [0.29, 0.717) is 18.2 Å². The van der Waals surface area contributed by atoms with Gasteiger partial charge in [-0.1, -0.05) is 0 Å². The zero-order valence-electron chi connectivity index (χ0n) is 9.47. The van der Waals surface area contributed by atoms with Gasteiger partial charge in [-0.2, -0.15) is 0 Å². The van der Waals surface area contributed by atoms with E-state index in [1.54, 1.807) is 20.8 Å². The summed E-state index contributed by atoms with van der Waals surface area (Å²) in [6, 6.07) is 0. The maximum atomic E-state index is 11.3. The van der Waals surface area contributed by atoms with Crippen molar-refractivity contribution in [1.82, 2.24) is 25.5 Å². The van der Waals surface area contributed by atoms with Crippen molar-refractivity contribution in [1.29, 1.82) is 0 Å². The van der Waals surface area contributed by atoms with Crippen LogP contribution in [0.4, 0.5) is 4.79 Å². The van der Waals surface area contributed by atoms with Crippen molar-refractivity contribution < 1.29 is 9.53 Å². The number of ether oxygens (including phenoxy) is 1. The Labute approximate surface area is 98.9 Å². The van der Waals surface area contributed by atoms with Gasteiger partial charge in [-0.25, -0.2) is 9.48 Å². The van der Waals surface area contributed by atoms with E-state index in [1.165, 1.54) is 4.68 Å². The van der Waals surface area contributed by atoms with Crippen LogP contribution in [-0.4, -0.2) is 38.4 Å². The van der Waals surface area contributed by atoms with Crippen molar-refractivity contribution in [3.8, 4) is 0 Å². The molecule has 8 heteroatoms. The van der Waals surface area contributed by atoms with Crippen molar-refractivity contribution in [3.05, 3.63) is 0 Å². The zero-order valence-corrected chi connectivity index (χ0v) is 10.4. The fraction of sp³-hybridized carbons (Fsp3) is 0.750. The number of tetrazole rings is 1. The molecule has 0 bridgehead atoms. The van der Waals surface area contributed by atoms with Crippen LogP contribution in [0.1, 0.15) is 20.8 Å². The SMILES string of the molecule is CC(C)(C)OC(=O)NCCn1nnnc1S. The van der Waals surface area contributed by atoms with Crippen molar-refractivity contribution >= 4 is 18.7 Å². The predicted molar refractivity (Wildman–Crippen MR) is 59.3 cm³/mol. The summed E-state index contributed by atoms with van der Waals surface area (Å²) in [5.74, 6) is 0. The number of hydrogen-bond acceptors (Lipinski definition) is 6. The van der Waals surface area contributed by atoms with Crippen LogP contribution in [0.5, 0.6) is 0 Å². The molecule has 0 aliphatic carbocycles. The maximum absolute atomic E-state index is 11.3. The number of carbonyl (C=O) groups excluding carboxylic acids is 1. The highest BCUT2D eigenvalue weighted by Crippen LogP contribution is 2.06. The Balaban J connectivity index is 2.26. The molecule has 1 aromatic rings. The molecule has 7 nitrogen and oxygen atoms in total. The Morgan fingerprint density at radius 1 is 1.56 bits per heavy atom. The second-order valence-corrected chi connectivity index (χ2v) is 4.53. The molecule has 0 atom stereocenters. The van der Waals surface area contributed by atoms with Gasteiger partial charge in [-0.05, 0) is 31.2 Å². The van der Waals surface area contributed by atoms with Crippen LogP contribution < -0.4 is 5.32 Å². The Hall–Kier alpha value is -1.31. The molecule has 0 spiro atoms. The highest BCUT2D eigenvalue weighted by atomic mass is 32.1. The number of thiol groups is 1. The molecule has 90 valence electrons. The van der Waals surface area contributed by atoms with Crippen LogP contribution >= 0.6 is 12.6 Å².